The van der Waals surface area contributed by atoms with Crippen LogP contribution in [0.2, 0.25) is 0 Å². The smallest absolute Gasteiger partial charge is 0.478 e. The second-order valence-electron chi connectivity index (χ2n) is 3.32. The van der Waals surface area contributed by atoms with Crippen LogP contribution in [0.1, 0.15) is 5.56 Å². The van der Waals surface area contributed by atoms with E-state index >= 15 is 0 Å². The van der Waals surface area contributed by atoms with Gasteiger partial charge in [0.15, 0.2) is 0 Å². The van der Waals surface area contributed by atoms with Crippen LogP contribution >= 0.6 is 0 Å². The Labute approximate surface area is 134 Å². The fourth-order valence-electron chi connectivity index (χ4n) is 1.22. The molecule has 0 fully saturated rings. The third-order valence-electron chi connectivity index (χ3n) is 2.13. The Bertz CT molecular complexity index is 457. The molecule has 0 heterocycles. The number of methoxy groups -OCH3 is 2. The first-order chi connectivity index (χ1) is 8.69. The van der Waals surface area contributed by atoms with Gasteiger partial charge in [0.25, 0.3) is 11.9 Å². The summed E-state index contributed by atoms with van der Waals surface area (Å²) in [5.41, 5.74) is 0.999. The van der Waals surface area contributed by atoms with E-state index in [0.29, 0.717) is 6.42 Å². The summed E-state index contributed by atoms with van der Waals surface area (Å²) in [5, 5.41) is 0. The molecule has 94 valence electrons. The molecule has 0 radical (unpaired) electrons. The second-order valence-corrected chi connectivity index (χ2v) is 3.32. The summed E-state index contributed by atoms with van der Waals surface area (Å²) in [6.45, 7) is 0. The van der Waals surface area contributed by atoms with Gasteiger partial charge < -0.3 is 15.4 Å². The Morgan fingerprint density at radius 3 is 2.11 bits per heavy atom. The van der Waals surface area contributed by atoms with E-state index in [1.165, 1.54) is 14.2 Å². The third kappa shape index (κ3) is 5.84. The Balaban J connectivity index is 0.00000324. The Kier molecular flexibility index (Phi) is 8.81. The van der Waals surface area contributed by atoms with Crippen molar-refractivity contribution in [3.63, 3.8) is 0 Å². The van der Waals surface area contributed by atoms with Crippen molar-refractivity contribution in [1.29, 1.82) is 0 Å². The second kappa shape index (κ2) is 9.51. The van der Waals surface area contributed by atoms with E-state index < -0.39 is 11.9 Å². The molecule has 0 aliphatic heterocycles. The van der Waals surface area contributed by atoms with Crippen molar-refractivity contribution in [2.45, 2.75) is 6.42 Å². The molecule has 1 aromatic rings. The average molecular weight is 268 g/mol. The van der Waals surface area contributed by atoms with Gasteiger partial charge in [-0.3, -0.25) is 15.5 Å². The first-order valence-corrected chi connectivity index (χ1v) is 5.25. The molecular formula is C14H13NaO4. The van der Waals surface area contributed by atoms with Gasteiger partial charge in [0.2, 0.25) is 0 Å². The summed E-state index contributed by atoms with van der Waals surface area (Å²) in [6.07, 6.45) is 0.443. The minimum Gasteiger partial charge on any atom is -0.478 e. The summed E-state index contributed by atoms with van der Waals surface area (Å²) >= 11 is 0. The summed E-state index contributed by atoms with van der Waals surface area (Å²) < 4.78 is 8.92. The molecule has 0 N–H and O–H groups in total. The van der Waals surface area contributed by atoms with E-state index in [0.717, 1.165) is 5.56 Å². The van der Waals surface area contributed by atoms with Gasteiger partial charge in [-0.1, -0.05) is 42.3 Å². The maximum absolute atomic E-state index is 11.3. The number of ether oxygens (including phenoxy) is 2. The van der Waals surface area contributed by atoms with Crippen molar-refractivity contribution < 1.29 is 48.6 Å². The third-order valence-corrected chi connectivity index (χ3v) is 2.13. The van der Waals surface area contributed by atoms with Crippen molar-refractivity contribution in [1.82, 2.24) is 0 Å². The summed E-state index contributed by atoms with van der Waals surface area (Å²) in [7, 11) is 2.37. The number of esters is 2. The molecule has 0 aliphatic carbocycles. The molecule has 0 aliphatic rings. The summed E-state index contributed by atoms with van der Waals surface area (Å²) in [5.74, 6) is 3.36. The Morgan fingerprint density at radius 1 is 1.11 bits per heavy atom. The van der Waals surface area contributed by atoms with Gasteiger partial charge in [0.05, 0.1) is 14.2 Å². The molecular weight excluding hydrogens is 255 g/mol. The van der Waals surface area contributed by atoms with E-state index in [-0.39, 0.29) is 35.5 Å². The molecule has 1 rings (SSSR count). The van der Waals surface area contributed by atoms with Crippen molar-refractivity contribution in [2.75, 3.05) is 14.2 Å². The van der Waals surface area contributed by atoms with Gasteiger partial charge in [-0.25, -0.2) is 0 Å². The maximum atomic E-state index is 11.3. The number of hydrogen-bond acceptors (Lipinski definition) is 4. The van der Waals surface area contributed by atoms with E-state index in [2.05, 4.69) is 21.3 Å². The van der Waals surface area contributed by atoms with E-state index in [9.17, 15) is 9.59 Å². The largest absolute Gasteiger partial charge is 1.00 e. The van der Waals surface area contributed by atoms with Crippen LogP contribution in [0, 0.1) is 17.8 Å². The van der Waals surface area contributed by atoms with Crippen LogP contribution in [0.5, 0.6) is 0 Å². The van der Waals surface area contributed by atoms with Crippen molar-refractivity contribution >= 4 is 11.9 Å². The zero-order valence-electron chi connectivity index (χ0n) is 11.2. The SMILES string of the molecule is COC(=O)[C-](C#CCc1ccccc1)C(=O)OC.[Na+]. The molecule has 0 bridgehead atoms. The van der Waals surface area contributed by atoms with Crippen molar-refractivity contribution in [3.05, 3.63) is 41.8 Å². The van der Waals surface area contributed by atoms with Gasteiger partial charge in [0.1, 0.15) is 0 Å². The fraction of sp³-hybridized carbons (Fsp3) is 0.214. The molecule has 0 spiro atoms. The van der Waals surface area contributed by atoms with Crippen LogP contribution in [0.3, 0.4) is 0 Å². The van der Waals surface area contributed by atoms with Crippen LogP contribution < -0.4 is 29.6 Å². The van der Waals surface area contributed by atoms with Crippen LogP contribution in [-0.2, 0) is 25.5 Å². The van der Waals surface area contributed by atoms with E-state index in [1.807, 2.05) is 30.3 Å². The first kappa shape index (κ1) is 17.6. The van der Waals surface area contributed by atoms with E-state index in [4.69, 9.17) is 0 Å². The average Bonchev–Trinajstić information content (AvgIpc) is 2.43. The molecule has 0 amide bonds. The summed E-state index contributed by atoms with van der Waals surface area (Å²) in [4.78, 5) is 22.6. The number of carbonyl (C=O) groups excluding carboxylic acids is 2. The van der Waals surface area contributed by atoms with Crippen molar-refractivity contribution in [3.8, 4) is 11.8 Å². The molecule has 0 saturated heterocycles. The molecule has 19 heavy (non-hydrogen) atoms. The zero-order chi connectivity index (χ0) is 13.4. The fourth-order valence-corrected chi connectivity index (χ4v) is 1.22. The monoisotopic (exact) mass is 268 g/mol. The predicted molar refractivity (Wildman–Crippen MR) is 65.2 cm³/mol. The molecule has 0 saturated carbocycles. The molecule has 4 nitrogen and oxygen atoms in total. The van der Waals surface area contributed by atoms with Crippen LogP contribution in [-0.4, -0.2) is 26.2 Å². The molecule has 0 unspecified atom stereocenters. The van der Waals surface area contributed by atoms with Gasteiger partial charge in [-0.2, -0.15) is 0 Å². The van der Waals surface area contributed by atoms with Gasteiger partial charge in [0, 0.05) is 5.92 Å². The molecule has 5 heteroatoms. The predicted octanol–water partition coefficient (Wildman–Crippen LogP) is -1.84. The first-order valence-electron chi connectivity index (χ1n) is 5.25. The number of carbonyl (C=O) groups is 2. The zero-order valence-corrected chi connectivity index (χ0v) is 13.2. The molecule has 0 aromatic heterocycles. The minimum atomic E-state index is -0.789. The maximum Gasteiger partial charge on any atom is 1.00 e. The van der Waals surface area contributed by atoms with Crippen LogP contribution in [0.25, 0.3) is 0 Å². The Morgan fingerprint density at radius 2 is 1.63 bits per heavy atom. The molecule has 0 atom stereocenters. The van der Waals surface area contributed by atoms with Crippen LogP contribution in [0.15, 0.2) is 30.3 Å². The van der Waals surface area contributed by atoms with E-state index in [1.54, 1.807) is 0 Å². The number of rotatable bonds is 3. The standard InChI is InChI=1S/C14H13O4.Na/c1-17-13(15)12(14(16)18-2)10-6-9-11-7-4-3-5-8-11;/h3-5,7-8H,9H2,1-2H3;/q-1;+1. The number of benzene rings is 1. The summed E-state index contributed by atoms with van der Waals surface area (Å²) in [6, 6.07) is 9.50. The normalized spacial score (nSPS) is 8.32. The number of hydrogen-bond donors (Lipinski definition) is 0. The quantitative estimate of drug-likeness (QED) is 0.212. The minimum absolute atomic E-state index is 0. The topological polar surface area (TPSA) is 52.6 Å². The van der Waals surface area contributed by atoms with Gasteiger partial charge >= 0.3 is 29.6 Å². The Hall–Kier alpha value is -1.41. The van der Waals surface area contributed by atoms with Gasteiger partial charge in [-0.05, 0) is 0 Å². The van der Waals surface area contributed by atoms with Crippen LogP contribution in [0.4, 0.5) is 0 Å². The van der Waals surface area contributed by atoms with Crippen molar-refractivity contribution in [2.24, 2.45) is 0 Å². The van der Waals surface area contributed by atoms with Gasteiger partial charge in [-0.15, -0.1) is 0 Å². The molecule has 1 aromatic carbocycles.